The fourth-order valence-electron chi connectivity index (χ4n) is 2.66. The molecule has 1 aliphatic carbocycles. The van der Waals surface area contributed by atoms with Crippen LogP contribution in [-0.4, -0.2) is 27.8 Å². The van der Waals surface area contributed by atoms with Gasteiger partial charge in [-0.25, -0.2) is 0 Å². The molecule has 0 atom stereocenters. The standard InChI is InChI=1S/C16H19BrN2/c17-10-11-19(15-5-3-6-15)12-14-9-8-13-4-1-2-7-16(13)18-14/h1-2,4,7-9,15H,3,5-6,10-12H2. The van der Waals surface area contributed by atoms with Crippen LogP contribution >= 0.6 is 15.9 Å². The second-order valence-electron chi connectivity index (χ2n) is 5.24. The average molecular weight is 319 g/mol. The third-order valence-electron chi connectivity index (χ3n) is 3.98. The van der Waals surface area contributed by atoms with Crippen molar-refractivity contribution < 1.29 is 0 Å². The summed E-state index contributed by atoms with van der Waals surface area (Å²) in [6.07, 6.45) is 4.08. The number of pyridine rings is 1. The topological polar surface area (TPSA) is 16.1 Å². The van der Waals surface area contributed by atoms with Gasteiger partial charge in [-0.3, -0.25) is 9.88 Å². The molecule has 0 bridgehead atoms. The van der Waals surface area contributed by atoms with Crippen LogP contribution in [0, 0.1) is 0 Å². The number of nitrogens with zero attached hydrogens (tertiary/aromatic N) is 2. The van der Waals surface area contributed by atoms with Gasteiger partial charge in [-0.1, -0.05) is 46.6 Å². The van der Waals surface area contributed by atoms with Gasteiger partial charge in [-0.2, -0.15) is 0 Å². The Morgan fingerprint density at radius 2 is 2.00 bits per heavy atom. The van der Waals surface area contributed by atoms with Crippen LogP contribution in [0.15, 0.2) is 36.4 Å². The van der Waals surface area contributed by atoms with Gasteiger partial charge < -0.3 is 0 Å². The minimum Gasteiger partial charge on any atom is -0.294 e. The minimum atomic E-state index is 0.769. The Balaban J connectivity index is 1.78. The van der Waals surface area contributed by atoms with Crippen LogP contribution in [-0.2, 0) is 6.54 Å². The van der Waals surface area contributed by atoms with Gasteiger partial charge in [-0.15, -0.1) is 0 Å². The number of rotatable bonds is 5. The first-order chi connectivity index (χ1) is 9.36. The van der Waals surface area contributed by atoms with Gasteiger partial charge in [0.15, 0.2) is 0 Å². The number of benzene rings is 1. The second kappa shape index (κ2) is 6.02. The molecule has 3 heteroatoms. The Morgan fingerprint density at radius 1 is 1.16 bits per heavy atom. The summed E-state index contributed by atoms with van der Waals surface area (Å²) >= 11 is 3.56. The molecule has 0 spiro atoms. The van der Waals surface area contributed by atoms with Crippen molar-refractivity contribution in [1.82, 2.24) is 9.88 Å². The molecule has 2 aromatic rings. The van der Waals surface area contributed by atoms with E-state index in [9.17, 15) is 0 Å². The molecule has 0 unspecified atom stereocenters. The molecule has 2 nitrogen and oxygen atoms in total. The van der Waals surface area contributed by atoms with E-state index in [2.05, 4.69) is 57.2 Å². The zero-order valence-electron chi connectivity index (χ0n) is 11.1. The van der Waals surface area contributed by atoms with Crippen LogP contribution in [0.4, 0.5) is 0 Å². The molecule has 1 saturated carbocycles. The molecular weight excluding hydrogens is 300 g/mol. The summed E-state index contributed by atoms with van der Waals surface area (Å²) < 4.78 is 0. The van der Waals surface area contributed by atoms with Crippen molar-refractivity contribution in [1.29, 1.82) is 0 Å². The van der Waals surface area contributed by atoms with E-state index in [-0.39, 0.29) is 0 Å². The monoisotopic (exact) mass is 318 g/mol. The van der Waals surface area contributed by atoms with Crippen LogP contribution in [0.1, 0.15) is 25.0 Å². The van der Waals surface area contributed by atoms with Crippen molar-refractivity contribution in [2.75, 3.05) is 11.9 Å². The average Bonchev–Trinajstić information content (AvgIpc) is 2.37. The van der Waals surface area contributed by atoms with Gasteiger partial charge in [0.25, 0.3) is 0 Å². The predicted molar refractivity (Wildman–Crippen MR) is 83.6 cm³/mol. The SMILES string of the molecule is BrCCN(Cc1ccc2ccccc2n1)C1CCC1. The lowest BCUT2D eigenvalue weighted by atomic mass is 9.91. The van der Waals surface area contributed by atoms with Gasteiger partial charge in [0.2, 0.25) is 0 Å². The molecule has 0 saturated heterocycles. The Bertz CT molecular complexity index is 551. The fourth-order valence-corrected chi connectivity index (χ4v) is 3.11. The summed E-state index contributed by atoms with van der Waals surface area (Å²) in [5.74, 6) is 0. The lowest BCUT2D eigenvalue weighted by molar-refractivity contribution is 0.127. The number of alkyl halides is 1. The first kappa shape index (κ1) is 13.1. The largest absolute Gasteiger partial charge is 0.294 e. The van der Waals surface area contributed by atoms with Crippen molar-refractivity contribution in [2.24, 2.45) is 0 Å². The lowest BCUT2D eigenvalue weighted by Crippen LogP contribution is -2.40. The summed E-state index contributed by atoms with van der Waals surface area (Å²) in [5.41, 5.74) is 2.29. The van der Waals surface area contributed by atoms with E-state index >= 15 is 0 Å². The Morgan fingerprint density at radius 3 is 2.74 bits per heavy atom. The highest BCUT2D eigenvalue weighted by molar-refractivity contribution is 9.09. The normalized spacial score (nSPS) is 15.9. The van der Waals surface area contributed by atoms with E-state index in [1.54, 1.807) is 0 Å². The van der Waals surface area contributed by atoms with Gasteiger partial charge in [-0.05, 0) is 25.0 Å². The molecule has 0 amide bonds. The second-order valence-corrected chi connectivity index (χ2v) is 6.03. The molecule has 1 aliphatic rings. The van der Waals surface area contributed by atoms with E-state index in [1.807, 2.05) is 0 Å². The van der Waals surface area contributed by atoms with Gasteiger partial charge >= 0.3 is 0 Å². The smallest absolute Gasteiger partial charge is 0.0705 e. The summed E-state index contributed by atoms with van der Waals surface area (Å²) in [4.78, 5) is 7.35. The first-order valence-electron chi connectivity index (χ1n) is 7.01. The number of halogens is 1. The molecular formula is C16H19BrN2. The molecule has 19 heavy (non-hydrogen) atoms. The lowest BCUT2D eigenvalue weighted by Gasteiger charge is -2.37. The maximum absolute atomic E-state index is 4.78. The maximum Gasteiger partial charge on any atom is 0.0705 e. The molecule has 0 radical (unpaired) electrons. The number of hydrogen-bond donors (Lipinski definition) is 0. The number of hydrogen-bond acceptors (Lipinski definition) is 2. The minimum absolute atomic E-state index is 0.769. The summed E-state index contributed by atoms with van der Waals surface area (Å²) in [6, 6.07) is 13.5. The van der Waals surface area contributed by atoms with Crippen molar-refractivity contribution in [2.45, 2.75) is 31.8 Å². The van der Waals surface area contributed by atoms with E-state index in [4.69, 9.17) is 4.98 Å². The van der Waals surface area contributed by atoms with Crippen LogP contribution in [0.3, 0.4) is 0 Å². The summed E-state index contributed by atoms with van der Waals surface area (Å²) in [6.45, 7) is 2.08. The van der Waals surface area contributed by atoms with Gasteiger partial charge in [0.1, 0.15) is 0 Å². The van der Waals surface area contributed by atoms with Crippen LogP contribution < -0.4 is 0 Å². The third-order valence-corrected chi connectivity index (χ3v) is 4.34. The van der Waals surface area contributed by atoms with Crippen molar-refractivity contribution >= 4 is 26.8 Å². The Labute approximate surface area is 123 Å². The van der Waals surface area contributed by atoms with E-state index in [0.717, 1.165) is 30.0 Å². The van der Waals surface area contributed by atoms with Crippen molar-refractivity contribution in [3.05, 3.63) is 42.1 Å². The molecule has 1 aromatic carbocycles. The van der Waals surface area contributed by atoms with Crippen molar-refractivity contribution in [3.63, 3.8) is 0 Å². The molecule has 1 heterocycles. The predicted octanol–water partition coefficient (Wildman–Crippen LogP) is 3.98. The first-order valence-corrected chi connectivity index (χ1v) is 8.13. The zero-order valence-corrected chi connectivity index (χ0v) is 12.6. The van der Waals surface area contributed by atoms with Gasteiger partial charge in [0, 0.05) is 29.8 Å². The van der Waals surface area contributed by atoms with Crippen molar-refractivity contribution in [3.8, 4) is 0 Å². The number of aromatic nitrogens is 1. The third kappa shape index (κ3) is 2.98. The van der Waals surface area contributed by atoms with Crippen LogP contribution in [0.2, 0.25) is 0 Å². The highest BCUT2D eigenvalue weighted by atomic mass is 79.9. The zero-order chi connectivity index (χ0) is 13.1. The molecule has 100 valence electrons. The van der Waals surface area contributed by atoms with E-state index < -0.39 is 0 Å². The summed E-state index contributed by atoms with van der Waals surface area (Å²) in [5, 5.41) is 2.26. The van der Waals surface area contributed by atoms with E-state index in [1.165, 1.54) is 30.3 Å². The number of fused-ring (bicyclic) bond motifs is 1. The van der Waals surface area contributed by atoms with Gasteiger partial charge in [0.05, 0.1) is 11.2 Å². The maximum atomic E-state index is 4.78. The quantitative estimate of drug-likeness (QED) is 0.775. The number of para-hydroxylation sites is 1. The highest BCUT2D eigenvalue weighted by Gasteiger charge is 2.24. The molecule has 1 aromatic heterocycles. The highest BCUT2D eigenvalue weighted by Crippen LogP contribution is 2.26. The van der Waals surface area contributed by atoms with E-state index in [0.29, 0.717) is 0 Å². The summed E-state index contributed by atoms with van der Waals surface area (Å²) in [7, 11) is 0. The van der Waals surface area contributed by atoms with Crippen LogP contribution in [0.25, 0.3) is 10.9 Å². The Hall–Kier alpha value is -0.930. The molecule has 1 fully saturated rings. The Kier molecular flexibility index (Phi) is 4.14. The molecule has 0 aliphatic heterocycles. The van der Waals surface area contributed by atoms with Crippen LogP contribution in [0.5, 0.6) is 0 Å². The molecule has 0 N–H and O–H groups in total. The molecule has 3 rings (SSSR count). The fraction of sp³-hybridized carbons (Fsp3) is 0.438.